The molecule has 0 fully saturated rings. The molecule has 0 radical (unpaired) electrons. The molecule has 0 saturated carbocycles. The van der Waals surface area contributed by atoms with Crippen LogP contribution in [-0.2, 0) is 20.1 Å². The average molecular weight is 290 g/mol. The molecule has 21 heavy (non-hydrogen) atoms. The minimum atomic E-state index is -0.197. The van der Waals surface area contributed by atoms with E-state index in [9.17, 15) is 4.39 Å². The molecule has 0 unspecified atom stereocenters. The van der Waals surface area contributed by atoms with Gasteiger partial charge in [0.25, 0.3) is 0 Å². The summed E-state index contributed by atoms with van der Waals surface area (Å²) in [5.41, 5.74) is 2.00. The van der Waals surface area contributed by atoms with Crippen molar-refractivity contribution < 1.29 is 4.39 Å². The van der Waals surface area contributed by atoms with Crippen molar-refractivity contribution >= 4 is 5.69 Å². The first-order valence-electron chi connectivity index (χ1n) is 7.28. The summed E-state index contributed by atoms with van der Waals surface area (Å²) in [7, 11) is 3.98. The SMILES string of the molecule is CCCNCc1cc(F)ccc1N(C)Cc1nccn1C. The fourth-order valence-electron chi connectivity index (χ4n) is 2.31. The first kappa shape index (κ1) is 15.5. The molecule has 0 atom stereocenters. The number of nitrogens with zero attached hydrogens (tertiary/aromatic N) is 3. The van der Waals surface area contributed by atoms with Crippen LogP contribution < -0.4 is 10.2 Å². The second-order valence-corrected chi connectivity index (χ2v) is 5.26. The molecule has 0 aliphatic carbocycles. The number of halogens is 1. The Hall–Kier alpha value is -1.88. The Morgan fingerprint density at radius 3 is 2.86 bits per heavy atom. The van der Waals surface area contributed by atoms with Crippen molar-refractivity contribution in [1.29, 1.82) is 0 Å². The number of rotatable bonds is 7. The average Bonchev–Trinajstić information content (AvgIpc) is 2.84. The van der Waals surface area contributed by atoms with Gasteiger partial charge in [-0.1, -0.05) is 6.92 Å². The maximum Gasteiger partial charge on any atom is 0.127 e. The molecule has 0 spiro atoms. The highest BCUT2D eigenvalue weighted by Gasteiger charge is 2.11. The smallest absolute Gasteiger partial charge is 0.127 e. The number of benzene rings is 1. The largest absolute Gasteiger partial charge is 0.367 e. The third kappa shape index (κ3) is 4.04. The number of hydrogen-bond donors (Lipinski definition) is 1. The van der Waals surface area contributed by atoms with Gasteiger partial charge >= 0.3 is 0 Å². The summed E-state index contributed by atoms with van der Waals surface area (Å²) >= 11 is 0. The van der Waals surface area contributed by atoms with E-state index >= 15 is 0 Å². The van der Waals surface area contributed by atoms with Crippen molar-refractivity contribution in [3.63, 3.8) is 0 Å². The number of aromatic nitrogens is 2. The van der Waals surface area contributed by atoms with Gasteiger partial charge in [0, 0.05) is 38.7 Å². The van der Waals surface area contributed by atoms with Crippen molar-refractivity contribution in [3.8, 4) is 0 Å². The van der Waals surface area contributed by atoms with Crippen LogP contribution in [0.4, 0.5) is 10.1 Å². The van der Waals surface area contributed by atoms with Gasteiger partial charge < -0.3 is 14.8 Å². The van der Waals surface area contributed by atoms with E-state index in [2.05, 4.69) is 22.1 Å². The normalized spacial score (nSPS) is 10.9. The van der Waals surface area contributed by atoms with Gasteiger partial charge in [-0.2, -0.15) is 0 Å². The quantitative estimate of drug-likeness (QED) is 0.796. The highest BCUT2D eigenvalue weighted by atomic mass is 19.1. The first-order chi connectivity index (χ1) is 10.1. The van der Waals surface area contributed by atoms with Crippen molar-refractivity contribution in [2.45, 2.75) is 26.4 Å². The van der Waals surface area contributed by atoms with E-state index in [0.29, 0.717) is 13.1 Å². The molecule has 0 aliphatic heterocycles. The lowest BCUT2D eigenvalue weighted by molar-refractivity contribution is 0.618. The van der Waals surface area contributed by atoms with Crippen LogP contribution in [0, 0.1) is 5.82 Å². The Labute approximate surface area is 125 Å². The summed E-state index contributed by atoms with van der Waals surface area (Å²) < 4.78 is 15.5. The predicted octanol–water partition coefficient (Wildman–Crippen LogP) is 2.70. The Morgan fingerprint density at radius 1 is 1.38 bits per heavy atom. The molecular weight excluding hydrogens is 267 g/mol. The van der Waals surface area contributed by atoms with E-state index in [-0.39, 0.29) is 5.82 Å². The van der Waals surface area contributed by atoms with Gasteiger partial charge in [0.2, 0.25) is 0 Å². The van der Waals surface area contributed by atoms with Crippen LogP contribution in [0.15, 0.2) is 30.6 Å². The molecule has 2 rings (SSSR count). The second-order valence-electron chi connectivity index (χ2n) is 5.26. The van der Waals surface area contributed by atoms with Gasteiger partial charge in [-0.3, -0.25) is 0 Å². The third-order valence-electron chi connectivity index (χ3n) is 3.49. The summed E-state index contributed by atoms with van der Waals surface area (Å²) in [6.07, 6.45) is 4.78. The van der Waals surface area contributed by atoms with Crippen LogP contribution in [0.5, 0.6) is 0 Å². The van der Waals surface area contributed by atoms with Crippen LogP contribution in [0.3, 0.4) is 0 Å². The molecule has 4 nitrogen and oxygen atoms in total. The molecule has 5 heteroatoms. The van der Waals surface area contributed by atoms with Gasteiger partial charge in [-0.25, -0.2) is 9.37 Å². The van der Waals surface area contributed by atoms with Crippen molar-refractivity contribution in [3.05, 3.63) is 47.8 Å². The minimum Gasteiger partial charge on any atom is -0.367 e. The van der Waals surface area contributed by atoms with Crippen molar-refractivity contribution in [1.82, 2.24) is 14.9 Å². The standard InChI is InChI=1S/C16H23FN4/c1-4-7-18-11-13-10-14(17)5-6-15(13)21(3)12-16-19-8-9-20(16)2/h5-6,8-10,18H,4,7,11-12H2,1-3H3. The molecule has 1 heterocycles. The number of hydrogen-bond acceptors (Lipinski definition) is 3. The lowest BCUT2D eigenvalue weighted by Crippen LogP contribution is -2.22. The van der Waals surface area contributed by atoms with E-state index in [0.717, 1.165) is 30.0 Å². The fraction of sp³-hybridized carbons (Fsp3) is 0.438. The van der Waals surface area contributed by atoms with Crippen LogP contribution in [0.2, 0.25) is 0 Å². The van der Waals surface area contributed by atoms with Crippen LogP contribution in [0.1, 0.15) is 24.7 Å². The number of anilines is 1. The van der Waals surface area contributed by atoms with E-state index in [4.69, 9.17) is 0 Å². The van der Waals surface area contributed by atoms with Gasteiger partial charge in [0.1, 0.15) is 11.6 Å². The summed E-state index contributed by atoms with van der Waals surface area (Å²) in [6, 6.07) is 4.95. The molecule has 114 valence electrons. The van der Waals surface area contributed by atoms with Crippen molar-refractivity contribution in [2.75, 3.05) is 18.5 Å². The van der Waals surface area contributed by atoms with E-state index in [1.807, 2.05) is 30.9 Å². The summed E-state index contributed by atoms with van der Waals surface area (Å²) in [5.74, 6) is 0.784. The van der Waals surface area contributed by atoms with Gasteiger partial charge in [0.15, 0.2) is 0 Å². The Kier molecular flexibility index (Phi) is 5.33. The molecule has 0 aliphatic rings. The Balaban J connectivity index is 2.15. The maximum atomic E-state index is 13.5. The molecule has 0 amide bonds. The van der Waals surface area contributed by atoms with Crippen LogP contribution >= 0.6 is 0 Å². The fourth-order valence-corrected chi connectivity index (χ4v) is 2.31. The Bertz CT molecular complexity index is 579. The molecule has 0 saturated heterocycles. The summed E-state index contributed by atoms with van der Waals surface area (Å²) in [5, 5.41) is 3.33. The molecule has 1 aromatic carbocycles. The van der Waals surface area contributed by atoms with Gasteiger partial charge in [-0.15, -0.1) is 0 Å². The first-order valence-corrected chi connectivity index (χ1v) is 7.28. The zero-order chi connectivity index (χ0) is 15.2. The summed E-state index contributed by atoms with van der Waals surface area (Å²) in [4.78, 5) is 6.44. The lowest BCUT2D eigenvalue weighted by Gasteiger charge is -2.22. The third-order valence-corrected chi connectivity index (χ3v) is 3.49. The van der Waals surface area contributed by atoms with E-state index in [1.165, 1.54) is 6.07 Å². The molecule has 1 aromatic heterocycles. The Morgan fingerprint density at radius 2 is 2.19 bits per heavy atom. The summed E-state index contributed by atoms with van der Waals surface area (Å²) in [6.45, 7) is 4.41. The monoisotopic (exact) mass is 290 g/mol. The topological polar surface area (TPSA) is 33.1 Å². The van der Waals surface area contributed by atoms with E-state index < -0.39 is 0 Å². The zero-order valence-electron chi connectivity index (χ0n) is 12.9. The number of nitrogens with one attached hydrogen (secondary N) is 1. The number of aryl methyl sites for hydroxylation is 1. The maximum absolute atomic E-state index is 13.5. The minimum absolute atomic E-state index is 0.197. The van der Waals surface area contributed by atoms with Crippen LogP contribution in [0.25, 0.3) is 0 Å². The molecular formula is C16H23FN4. The second kappa shape index (κ2) is 7.22. The highest BCUT2D eigenvalue weighted by Crippen LogP contribution is 2.22. The zero-order valence-corrected chi connectivity index (χ0v) is 12.9. The molecule has 1 N–H and O–H groups in total. The van der Waals surface area contributed by atoms with Gasteiger partial charge in [0.05, 0.1) is 6.54 Å². The predicted molar refractivity (Wildman–Crippen MR) is 83.7 cm³/mol. The van der Waals surface area contributed by atoms with E-state index in [1.54, 1.807) is 12.3 Å². The van der Waals surface area contributed by atoms with Crippen LogP contribution in [-0.4, -0.2) is 23.1 Å². The number of imidazole rings is 1. The molecule has 2 aromatic rings. The lowest BCUT2D eigenvalue weighted by atomic mass is 10.1. The van der Waals surface area contributed by atoms with Gasteiger partial charge in [-0.05, 0) is 36.7 Å². The van der Waals surface area contributed by atoms with Crippen molar-refractivity contribution in [2.24, 2.45) is 7.05 Å². The molecule has 0 bridgehead atoms. The highest BCUT2D eigenvalue weighted by molar-refractivity contribution is 5.53.